The molecule has 0 aromatic heterocycles. The van der Waals surface area contributed by atoms with Crippen molar-refractivity contribution in [2.45, 2.75) is 31.1 Å². The largest absolute Gasteiger partial charge is 0.324 e. The lowest BCUT2D eigenvalue weighted by Gasteiger charge is -2.40. The van der Waals surface area contributed by atoms with Gasteiger partial charge in [0.25, 0.3) is 0 Å². The first kappa shape index (κ1) is 18.2. The van der Waals surface area contributed by atoms with Gasteiger partial charge in [-0.25, -0.2) is 13.2 Å². The molecule has 142 valence electrons. The molecule has 4 rings (SSSR count). The molecule has 1 fully saturated rings. The van der Waals surface area contributed by atoms with E-state index in [1.807, 2.05) is 24.3 Å². The number of ketones is 1. The zero-order chi connectivity index (χ0) is 19.1. The van der Waals surface area contributed by atoms with Gasteiger partial charge in [0.1, 0.15) is 17.8 Å². The van der Waals surface area contributed by atoms with E-state index in [1.165, 1.54) is 6.07 Å². The van der Waals surface area contributed by atoms with E-state index < -0.39 is 23.8 Å². The van der Waals surface area contributed by atoms with E-state index >= 15 is 0 Å². The maximum Gasteiger partial charge on any atom is 0.154 e. The summed E-state index contributed by atoms with van der Waals surface area (Å²) in [6.07, 6.45) is -0.167. The molecule has 0 saturated carbocycles. The van der Waals surface area contributed by atoms with Crippen LogP contribution in [0.4, 0.5) is 13.2 Å². The number of nitrogens with zero attached hydrogens (tertiary/aromatic N) is 1. The molecule has 1 unspecified atom stereocenters. The molecule has 0 amide bonds. The summed E-state index contributed by atoms with van der Waals surface area (Å²) in [5.74, 6) is -1.78. The second kappa shape index (κ2) is 7.09. The molecule has 2 aliphatic rings. The van der Waals surface area contributed by atoms with Gasteiger partial charge in [0, 0.05) is 37.2 Å². The van der Waals surface area contributed by atoms with Crippen molar-refractivity contribution in [2.75, 3.05) is 13.1 Å². The Kier molecular flexibility index (Phi) is 4.78. The summed E-state index contributed by atoms with van der Waals surface area (Å²) in [6, 6.07) is 9.83. The number of halogens is 3. The smallest absolute Gasteiger partial charge is 0.154 e. The van der Waals surface area contributed by atoms with E-state index in [0.717, 1.165) is 23.3 Å². The Hall–Kier alpha value is -2.18. The topological polar surface area (TPSA) is 46.3 Å². The van der Waals surface area contributed by atoms with Crippen LogP contribution in [0.5, 0.6) is 0 Å². The van der Waals surface area contributed by atoms with Gasteiger partial charge >= 0.3 is 0 Å². The number of Topliss-reactive ketones (excluding diaryl/α,β-unsaturated/α-hetero) is 1. The van der Waals surface area contributed by atoms with Gasteiger partial charge in [0.2, 0.25) is 0 Å². The zero-order valence-corrected chi connectivity index (χ0v) is 14.7. The molecule has 0 radical (unpaired) electrons. The van der Waals surface area contributed by atoms with Gasteiger partial charge in [0.15, 0.2) is 5.78 Å². The van der Waals surface area contributed by atoms with E-state index in [0.29, 0.717) is 6.42 Å². The van der Waals surface area contributed by atoms with Gasteiger partial charge in [0.05, 0.1) is 6.04 Å². The number of benzene rings is 2. The van der Waals surface area contributed by atoms with Crippen molar-refractivity contribution >= 4 is 5.78 Å². The fourth-order valence-electron chi connectivity index (χ4n) is 4.24. The number of carbonyl (C=O) groups is 1. The standard InChI is InChI=1S/C21H21F3N2O/c22-14-5-6-17(18(24)9-14)21(26-10-15(23)11-26)19(27)8-13-7-12-3-1-2-4-16(12)20(13)25/h1-6,9,13,15,20-21H,7-8,10-11,25H2/t13-,20-,21?/m1/s1. The Bertz CT molecular complexity index is 866. The third-order valence-electron chi connectivity index (χ3n) is 5.66. The lowest BCUT2D eigenvalue weighted by molar-refractivity contribution is -0.129. The van der Waals surface area contributed by atoms with Crippen LogP contribution in [0.25, 0.3) is 0 Å². The Morgan fingerprint density at radius 2 is 1.93 bits per heavy atom. The highest BCUT2D eigenvalue weighted by molar-refractivity contribution is 5.86. The summed E-state index contributed by atoms with van der Waals surface area (Å²) in [5, 5.41) is 0. The summed E-state index contributed by atoms with van der Waals surface area (Å²) < 4.78 is 41.0. The Balaban J connectivity index is 1.57. The Morgan fingerprint density at radius 3 is 2.59 bits per heavy atom. The quantitative estimate of drug-likeness (QED) is 0.872. The van der Waals surface area contributed by atoms with Gasteiger partial charge < -0.3 is 5.73 Å². The number of carbonyl (C=O) groups excluding carboxylic acids is 1. The summed E-state index contributed by atoms with van der Waals surface area (Å²) in [5.41, 5.74) is 8.58. The van der Waals surface area contributed by atoms with Crippen LogP contribution in [0.3, 0.4) is 0 Å². The third kappa shape index (κ3) is 3.39. The van der Waals surface area contributed by atoms with Crippen LogP contribution in [-0.4, -0.2) is 29.9 Å². The Morgan fingerprint density at radius 1 is 1.19 bits per heavy atom. The molecule has 1 aliphatic carbocycles. The van der Waals surface area contributed by atoms with Crippen molar-refractivity contribution in [3.8, 4) is 0 Å². The molecule has 3 nitrogen and oxygen atoms in total. The predicted octanol–water partition coefficient (Wildman–Crippen LogP) is 3.49. The maximum absolute atomic E-state index is 14.3. The minimum absolute atomic E-state index is 0.0736. The van der Waals surface area contributed by atoms with E-state index in [4.69, 9.17) is 5.73 Å². The number of likely N-dealkylation sites (tertiary alicyclic amines) is 1. The summed E-state index contributed by atoms with van der Waals surface area (Å²) in [6.45, 7) is 0.147. The number of fused-ring (bicyclic) bond motifs is 1. The monoisotopic (exact) mass is 374 g/mol. The molecule has 27 heavy (non-hydrogen) atoms. The minimum atomic E-state index is -1.03. The molecule has 0 spiro atoms. The van der Waals surface area contributed by atoms with E-state index in [9.17, 15) is 18.0 Å². The zero-order valence-electron chi connectivity index (χ0n) is 14.7. The van der Waals surface area contributed by atoms with Gasteiger partial charge in [-0.2, -0.15) is 0 Å². The molecule has 2 aromatic carbocycles. The second-order valence-electron chi connectivity index (χ2n) is 7.48. The van der Waals surface area contributed by atoms with E-state index in [1.54, 1.807) is 4.90 Å². The number of nitrogens with two attached hydrogens (primary N) is 1. The maximum atomic E-state index is 14.3. The van der Waals surface area contributed by atoms with E-state index in [2.05, 4.69) is 0 Å². The van der Waals surface area contributed by atoms with Crippen molar-refractivity contribution in [2.24, 2.45) is 11.7 Å². The summed E-state index contributed by atoms with van der Waals surface area (Å²) >= 11 is 0. The van der Waals surface area contributed by atoms with Crippen molar-refractivity contribution in [1.29, 1.82) is 0 Å². The lowest BCUT2D eigenvalue weighted by Crippen LogP contribution is -2.52. The van der Waals surface area contributed by atoms with Crippen molar-refractivity contribution in [3.05, 3.63) is 70.8 Å². The summed E-state index contributed by atoms with van der Waals surface area (Å²) in [7, 11) is 0. The van der Waals surface area contributed by atoms with Crippen LogP contribution in [0.1, 0.15) is 35.2 Å². The molecule has 3 atom stereocenters. The highest BCUT2D eigenvalue weighted by Crippen LogP contribution is 2.39. The molecule has 2 aromatic rings. The highest BCUT2D eigenvalue weighted by Gasteiger charge is 2.40. The highest BCUT2D eigenvalue weighted by atomic mass is 19.1. The van der Waals surface area contributed by atoms with E-state index in [-0.39, 0.29) is 42.8 Å². The molecule has 1 saturated heterocycles. The number of hydrogen-bond donors (Lipinski definition) is 1. The fourth-order valence-corrected chi connectivity index (χ4v) is 4.24. The van der Waals surface area contributed by atoms with Gasteiger partial charge in [-0.05, 0) is 29.5 Å². The number of rotatable bonds is 5. The molecule has 6 heteroatoms. The van der Waals surface area contributed by atoms with Gasteiger partial charge in [-0.3, -0.25) is 9.69 Å². The normalized spacial score (nSPS) is 23.7. The Labute approximate surface area is 156 Å². The molecular formula is C21H21F3N2O. The molecule has 1 aliphatic heterocycles. The van der Waals surface area contributed by atoms with Crippen molar-refractivity contribution < 1.29 is 18.0 Å². The summed E-state index contributed by atoms with van der Waals surface area (Å²) in [4.78, 5) is 14.7. The van der Waals surface area contributed by atoms with Crippen LogP contribution in [0, 0.1) is 17.6 Å². The molecule has 1 heterocycles. The molecular weight excluding hydrogens is 353 g/mol. The minimum Gasteiger partial charge on any atom is -0.324 e. The van der Waals surface area contributed by atoms with Crippen LogP contribution in [0.2, 0.25) is 0 Å². The van der Waals surface area contributed by atoms with Crippen LogP contribution in [-0.2, 0) is 11.2 Å². The van der Waals surface area contributed by atoms with Crippen LogP contribution < -0.4 is 5.73 Å². The van der Waals surface area contributed by atoms with Crippen molar-refractivity contribution in [3.63, 3.8) is 0 Å². The lowest BCUT2D eigenvalue weighted by atomic mass is 9.88. The SMILES string of the molecule is N[C@H]1c2ccccc2C[C@@H]1CC(=O)C(c1ccc(F)cc1F)N1CC(F)C1. The first-order valence-electron chi connectivity index (χ1n) is 9.13. The second-order valence-corrected chi connectivity index (χ2v) is 7.48. The molecule has 2 N–H and O–H groups in total. The van der Waals surface area contributed by atoms with Crippen LogP contribution in [0.15, 0.2) is 42.5 Å². The third-order valence-corrected chi connectivity index (χ3v) is 5.66. The van der Waals surface area contributed by atoms with Crippen molar-refractivity contribution in [1.82, 2.24) is 4.90 Å². The first-order chi connectivity index (χ1) is 12.9. The van der Waals surface area contributed by atoms with Gasteiger partial charge in [-0.15, -0.1) is 0 Å². The van der Waals surface area contributed by atoms with Crippen LogP contribution >= 0.6 is 0 Å². The first-order valence-corrected chi connectivity index (χ1v) is 9.13. The fraction of sp³-hybridized carbons (Fsp3) is 0.381. The average Bonchev–Trinajstić information content (AvgIpc) is 2.91. The number of hydrogen-bond acceptors (Lipinski definition) is 3. The predicted molar refractivity (Wildman–Crippen MR) is 95.8 cm³/mol. The average molecular weight is 374 g/mol. The number of alkyl halides is 1. The molecule has 0 bridgehead atoms. The van der Waals surface area contributed by atoms with Gasteiger partial charge in [-0.1, -0.05) is 30.3 Å².